The van der Waals surface area contributed by atoms with E-state index < -0.39 is 47.2 Å². The molecule has 1 aromatic carbocycles. The monoisotopic (exact) mass is 850 g/mol. The third-order valence-electron chi connectivity index (χ3n) is 8.06. The number of imidazole rings is 1. The Hall–Kier alpha value is -5.36. The van der Waals surface area contributed by atoms with Crippen LogP contribution in [0.15, 0.2) is 51.6 Å². The number of nitrogens with zero attached hydrogens (tertiary/aromatic N) is 6. The number of carbonyl (C=O) groups excluding carboxylic acids is 4. The Morgan fingerprint density at radius 2 is 1.35 bits per heavy atom. The molecular formula is C41H61F3N8O8. The number of rotatable bonds is 14. The summed E-state index contributed by atoms with van der Waals surface area (Å²) < 4.78 is 64.7. The van der Waals surface area contributed by atoms with Crippen LogP contribution < -0.4 is 21.0 Å². The van der Waals surface area contributed by atoms with Gasteiger partial charge in [-0.05, 0) is 112 Å². The summed E-state index contributed by atoms with van der Waals surface area (Å²) >= 11 is 0. The Morgan fingerprint density at radius 1 is 0.767 bits per heavy atom. The molecule has 60 heavy (non-hydrogen) atoms. The molecule has 2 heterocycles. The Morgan fingerprint density at radius 3 is 1.95 bits per heavy atom. The second-order valence-electron chi connectivity index (χ2n) is 17.1. The Labute approximate surface area is 349 Å². The number of benzene rings is 1. The number of unbranched alkanes of at least 4 members (excludes halogenated alkanes) is 4. The standard InChI is InChI=1S/C41H61F3N8O8/c1-38(2,3)58-35(54)48-33(49-36(55)59-39(4,5)6)46-21-13-11-10-12-14-23-50-26-27-51(34(50)47-32(53)41(42,43)44)24-16-28-57-30-19-17-29(18-20-30)31-45-22-15-25-52(31)37(56)60-40(7,8)9/h17-20,26-27H,10-16,21-25,28H2,1-9H3,(H2,46,48,49,54,55)/b47-34+. The van der Waals surface area contributed by atoms with Crippen molar-refractivity contribution in [1.29, 1.82) is 0 Å². The number of ether oxygens (including phenoxy) is 4. The summed E-state index contributed by atoms with van der Waals surface area (Å²) in [4.78, 5) is 62.6. The largest absolute Gasteiger partial charge is 0.494 e. The normalized spacial score (nSPS) is 14.3. The topological polar surface area (TPSA) is 179 Å². The minimum Gasteiger partial charge on any atom is -0.494 e. The number of amidine groups is 1. The number of amides is 4. The van der Waals surface area contributed by atoms with Crippen LogP contribution in [0, 0.1) is 0 Å². The van der Waals surface area contributed by atoms with Gasteiger partial charge in [0.2, 0.25) is 11.6 Å². The van der Waals surface area contributed by atoms with Gasteiger partial charge < -0.3 is 33.4 Å². The third-order valence-corrected chi connectivity index (χ3v) is 8.06. The van der Waals surface area contributed by atoms with Gasteiger partial charge in [0.1, 0.15) is 28.4 Å². The molecule has 0 fully saturated rings. The average molecular weight is 851 g/mol. The van der Waals surface area contributed by atoms with E-state index in [9.17, 15) is 32.3 Å². The van der Waals surface area contributed by atoms with Gasteiger partial charge in [0, 0.05) is 50.7 Å². The number of hydrogen-bond donors (Lipinski definition) is 2. The Bertz CT molecular complexity index is 1880. The van der Waals surface area contributed by atoms with Crippen molar-refractivity contribution >= 4 is 36.0 Å². The number of aliphatic imine (C=N–C) groups is 2. The van der Waals surface area contributed by atoms with Crippen molar-refractivity contribution < 1.29 is 51.3 Å². The van der Waals surface area contributed by atoms with Crippen molar-refractivity contribution in [2.45, 2.75) is 143 Å². The highest BCUT2D eigenvalue weighted by Crippen LogP contribution is 2.20. The van der Waals surface area contributed by atoms with Gasteiger partial charge in [-0.1, -0.05) is 19.3 Å². The third kappa shape index (κ3) is 18.3. The number of halogens is 3. The molecule has 0 spiro atoms. The van der Waals surface area contributed by atoms with Crippen molar-refractivity contribution in [3.63, 3.8) is 0 Å². The van der Waals surface area contributed by atoms with Crippen molar-refractivity contribution in [3.8, 4) is 5.75 Å². The van der Waals surface area contributed by atoms with Crippen LogP contribution >= 0.6 is 0 Å². The highest BCUT2D eigenvalue weighted by Gasteiger charge is 2.39. The maximum Gasteiger partial charge on any atom is 0.473 e. The van der Waals surface area contributed by atoms with E-state index in [4.69, 9.17) is 18.9 Å². The van der Waals surface area contributed by atoms with Gasteiger partial charge in [-0.2, -0.15) is 18.2 Å². The lowest BCUT2D eigenvalue weighted by atomic mass is 10.1. The molecule has 334 valence electrons. The van der Waals surface area contributed by atoms with Crippen molar-refractivity contribution in [2.75, 3.05) is 26.2 Å². The summed E-state index contributed by atoms with van der Waals surface area (Å²) in [6, 6.07) is 7.11. The Balaban J connectivity index is 1.52. The minimum atomic E-state index is -5.12. The number of aromatic nitrogens is 2. The molecule has 2 N–H and O–H groups in total. The molecule has 0 atom stereocenters. The lowest BCUT2D eigenvalue weighted by Gasteiger charge is -2.30. The zero-order chi connectivity index (χ0) is 44.7. The maximum atomic E-state index is 13.3. The number of hydrogen-bond acceptors (Lipinski definition) is 9. The van der Waals surface area contributed by atoms with Crippen LogP contribution in [0.5, 0.6) is 5.75 Å². The fourth-order valence-corrected chi connectivity index (χ4v) is 5.60. The molecule has 0 aliphatic carbocycles. The van der Waals surface area contributed by atoms with E-state index >= 15 is 0 Å². The van der Waals surface area contributed by atoms with Crippen molar-refractivity contribution in [2.24, 2.45) is 15.0 Å². The molecule has 0 radical (unpaired) electrons. The van der Waals surface area contributed by atoms with E-state index in [2.05, 4.69) is 25.6 Å². The number of guanidine groups is 1. The molecule has 19 heteroatoms. The lowest BCUT2D eigenvalue weighted by Crippen LogP contribution is -2.44. The number of carbonyl (C=O) groups is 4. The van der Waals surface area contributed by atoms with Crippen LogP contribution in [0.3, 0.4) is 0 Å². The van der Waals surface area contributed by atoms with E-state index in [1.807, 2.05) is 0 Å². The molecule has 1 aromatic heterocycles. The first-order valence-corrected chi connectivity index (χ1v) is 20.2. The second-order valence-corrected chi connectivity index (χ2v) is 17.1. The molecule has 0 saturated heterocycles. The molecule has 2 aromatic rings. The maximum absolute atomic E-state index is 13.3. The lowest BCUT2D eigenvalue weighted by molar-refractivity contribution is -0.169. The Kier molecular flexibility index (Phi) is 17.8. The van der Waals surface area contributed by atoms with Gasteiger partial charge in [-0.15, -0.1) is 4.99 Å². The molecule has 16 nitrogen and oxygen atoms in total. The van der Waals surface area contributed by atoms with E-state index in [1.54, 1.807) is 99.0 Å². The summed E-state index contributed by atoms with van der Waals surface area (Å²) in [5.41, 5.74) is -1.58. The molecule has 0 unspecified atom stereocenters. The first-order chi connectivity index (χ1) is 27.9. The summed E-state index contributed by atoms with van der Waals surface area (Å²) in [6.45, 7) is 17.9. The first kappa shape index (κ1) is 49.0. The fourth-order valence-electron chi connectivity index (χ4n) is 5.60. The molecule has 3 rings (SSSR count). The average Bonchev–Trinajstić information content (AvgIpc) is 3.49. The van der Waals surface area contributed by atoms with Crippen molar-refractivity contribution in [3.05, 3.63) is 47.8 Å². The number of nitrogens with one attached hydrogen (secondary N) is 2. The predicted octanol–water partition coefficient (Wildman–Crippen LogP) is 7.49. The van der Waals surface area contributed by atoms with E-state index in [0.29, 0.717) is 57.0 Å². The second kappa shape index (κ2) is 21.8. The number of alkyl carbamates (subject to hydrolysis) is 1. The molecule has 4 amide bonds. The van der Waals surface area contributed by atoms with Crippen LogP contribution in [0.1, 0.15) is 113 Å². The van der Waals surface area contributed by atoms with Gasteiger partial charge >= 0.3 is 30.4 Å². The highest BCUT2D eigenvalue weighted by molar-refractivity contribution is 6.07. The summed E-state index contributed by atoms with van der Waals surface area (Å²) in [5, 5.41) is 5.37. The first-order valence-electron chi connectivity index (χ1n) is 20.2. The number of aryl methyl sites for hydroxylation is 2. The molecule has 1 aliphatic rings. The zero-order valence-electron chi connectivity index (χ0n) is 36.2. The minimum absolute atomic E-state index is 0.107. The van der Waals surface area contributed by atoms with Gasteiger partial charge in [0.05, 0.1) is 6.61 Å². The predicted molar refractivity (Wildman–Crippen MR) is 219 cm³/mol. The van der Waals surface area contributed by atoms with Gasteiger partial charge in [0.15, 0.2) is 0 Å². The van der Waals surface area contributed by atoms with Gasteiger partial charge in [-0.3, -0.25) is 20.0 Å². The SMILES string of the molecule is CC(C)(C)OC(=O)/N=C(\NCCCCCCCn1ccn(CCCOc2ccc(C3=NCCCN3C(=O)OC(C)(C)C)cc2)/c1=N/C(=O)C(F)(F)F)NC(=O)OC(C)(C)C. The fraction of sp³-hybridized carbons (Fsp3) is 0.634. The molecular weight excluding hydrogens is 789 g/mol. The number of alkyl halides is 3. The van der Waals surface area contributed by atoms with Gasteiger partial charge in [-0.25, -0.2) is 14.4 Å². The highest BCUT2D eigenvalue weighted by atomic mass is 19.4. The van der Waals surface area contributed by atoms with Crippen LogP contribution in [0.4, 0.5) is 27.6 Å². The van der Waals surface area contributed by atoms with Crippen LogP contribution in [0.2, 0.25) is 0 Å². The van der Waals surface area contributed by atoms with Crippen LogP contribution in [0.25, 0.3) is 0 Å². The molecule has 1 aliphatic heterocycles. The van der Waals surface area contributed by atoms with E-state index in [0.717, 1.165) is 31.2 Å². The quantitative estimate of drug-likeness (QED) is 0.0843. The molecule has 0 bridgehead atoms. The summed E-state index contributed by atoms with van der Waals surface area (Å²) in [5.74, 6) is -1.22. The summed E-state index contributed by atoms with van der Waals surface area (Å²) in [7, 11) is 0. The molecule has 0 saturated carbocycles. The smallest absolute Gasteiger partial charge is 0.473 e. The van der Waals surface area contributed by atoms with Crippen LogP contribution in [-0.2, 0) is 32.1 Å². The van der Waals surface area contributed by atoms with Crippen molar-refractivity contribution in [1.82, 2.24) is 24.7 Å². The zero-order valence-corrected chi connectivity index (χ0v) is 36.2. The van der Waals surface area contributed by atoms with E-state index in [-0.39, 0.29) is 24.7 Å². The van der Waals surface area contributed by atoms with Crippen LogP contribution in [-0.4, -0.2) is 99.2 Å². The summed E-state index contributed by atoms with van der Waals surface area (Å²) in [6.07, 6.45) is 0.604. The van der Waals surface area contributed by atoms with Gasteiger partial charge in [0.25, 0.3) is 0 Å². The van der Waals surface area contributed by atoms with E-state index in [1.165, 1.54) is 14.0 Å².